The minimum Gasteiger partial charge on any atom is -0.366 e. The van der Waals surface area contributed by atoms with E-state index in [0.29, 0.717) is 0 Å². The quantitative estimate of drug-likeness (QED) is 0.922. The Morgan fingerprint density at radius 3 is 2.67 bits per heavy atom. The van der Waals surface area contributed by atoms with E-state index in [4.69, 9.17) is 5.73 Å². The molecule has 0 spiro atoms. The molecule has 1 aromatic rings. The Morgan fingerprint density at radius 1 is 1.44 bits per heavy atom. The molecule has 1 unspecified atom stereocenters. The maximum Gasteiger partial charge on any atom is 0.0382 e. The number of nitrogens with two attached hydrogens (primary N) is 1. The van der Waals surface area contributed by atoms with Crippen LogP contribution in [0.25, 0.3) is 0 Å². The van der Waals surface area contributed by atoms with Crippen LogP contribution >= 0.6 is 15.9 Å². The van der Waals surface area contributed by atoms with Gasteiger partial charge in [0.25, 0.3) is 0 Å². The summed E-state index contributed by atoms with van der Waals surface area (Å²) in [5.74, 6) is 0. The lowest BCUT2D eigenvalue weighted by molar-refractivity contribution is 0.518. The SMILES string of the molecule is CC(N)Cc1ccc(N2CCCC2(C)C)cc1Br. The third kappa shape index (κ3) is 2.89. The van der Waals surface area contributed by atoms with Crippen molar-refractivity contribution in [1.29, 1.82) is 0 Å². The van der Waals surface area contributed by atoms with E-state index in [1.807, 2.05) is 6.92 Å². The first-order valence-electron chi connectivity index (χ1n) is 6.72. The molecule has 2 rings (SSSR count). The van der Waals surface area contributed by atoms with E-state index < -0.39 is 0 Å². The molecule has 1 fully saturated rings. The molecule has 2 N–H and O–H groups in total. The molecular weight excluding hydrogens is 288 g/mol. The highest BCUT2D eigenvalue weighted by Gasteiger charge is 2.32. The van der Waals surface area contributed by atoms with Gasteiger partial charge in [-0.05, 0) is 57.7 Å². The van der Waals surface area contributed by atoms with Gasteiger partial charge in [0.2, 0.25) is 0 Å². The fourth-order valence-corrected chi connectivity index (χ4v) is 3.33. The second-order valence-corrected chi connectivity index (χ2v) is 6.88. The van der Waals surface area contributed by atoms with E-state index in [2.05, 4.69) is 52.9 Å². The van der Waals surface area contributed by atoms with Gasteiger partial charge >= 0.3 is 0 Å². The largest absolute Gasteiger partial charge is 0.366 e. The molecule has 0 radical (unpaired) electrons. The van der Waals surface area contributed by atoms with Crippen LogP contribution in [0.2, 0.25) is 0 Å². The highest BCUT2D eigenvalue weighted by Crippen LogP contribution is 2.35. The molecule has 1 aliphatic heterocycles. The third-order valence-electron chi connectivity index (χ3n) is 3.79. The van der Waals surface area contributed by atoms with E-state index in [-0.39, 0.29) is 11.6 Å². The van der Waals surface area contributed by atoms with Gasteiger partial charge in [-0.2, -0.15) is 0 Å². The van der Waals surface area contributed by atoms with Crippen LogP contribution in [0, 0.1) is 0 Å². The van der Waals surface area contributed by atoms with E-state index in [1.54, 1.807) is 0 Å². The van der Waals surface area contributed by atoms with Crippen molar-refractivity contribution in [3.63, 3.8) is 0 Å². The first-order chi connectivity index (χ1) is 8.40. The van der Waals surface area contributed by atoms with E-state index in [0.717, 1.165) is 13.0 Å². The zero-order valence-electron chi connectivity index (χ0n) is 11.5. The predicted octanol–water partition coefficient (Wildman–Crippen LogP) is 3.72. The van der Waals surface area contributed by atoms with Crippen LogP contribution in [0.15, 0.2) is 22.7 Å². The molecule has 1 atom stereocenters. The molecule has 0 saturated carbocycles. The van der Waals surface area contributed by atoms with Gasteiger partial charge in [-0.15, -0.1) is 0 Å². The van der Waals surface area contributed by atoms with Crippen molar-refractivity contribution >= 4 is 21.6 Å². The lowest BCUT2D eigenvalue weighted by Crippen LogP contribution is -2.38. The van der Waals surface area contributed by atoms with Gasteiger partial charge in [0.05, 0.1) is 0 Å². The van der Waals surface area contributed by atoms with Gasteiger partial charge in [0.15, 0.2) is 0 Å². The highest BCUT2D eigenvalue weighted by molar-refractivity contribution is 9.10. The molecule has 1 saturated heterocycles. The average Bonchev–Trinajstić information content (AvgIpc) is 2.60. The fourth-order valence-electron chi connectivity index (χ4n) is 2.80. The van der Waals surface area contributed by atoms with Crippen LogP contribution in [-0.4, -0.2) is 18.1 Å². The second-order valence-electron chi connectivity index (χ2n) is 6.02. The number of hydrogen-bond donors (Lipinski definition) is 1. The number of anilines is 1. The summed E-state index contributed by atoms with van der Waals surface area (Å²) in [4.78, 5) is 2.51. The molecule has 2 nitrogen and oxygen atoms in total. The van der Waals surface area contributed by atoms with Crippen molar-refractivity contribution in [2.24, 2.45) is 5.73 Å². The second kappa shape index (κ2) is 5.22. The molecule has 0 aliphatic carbocycles. The van der Waals surface area contributed by atoms with Crippen LogP contribution in [-0.2, 0) is 6.42 Å². The number of benzene rings is 1. The van der Waals surface area contributed by atoms with Crippen molar-refractivity contribution < 1.29 is 0 Å². The average molecular weight is 311 g/mol. The standard InChI is InChI=1S/C15H23BrN2/c1-11(17)9-12-5-6-13(10-14(12)16)18-8-4-7-15(18,2)3/h5-6,10-11H,4,7-9,17H2,1-3H3. The van der Waals surface area contributed by atoms with E-state index in [1.165, 1.54) is 28.6 Å². The molecule has 0 bridgehead atoms. The zero-order valence-corrected chi connectivity index (χ0v) is 13.1. The summed E-state index contributed by atoms with van der Waals surface area (Å²) in [7, 11) is 0. The van der Waals surface area contributed by atoms with Gasteiger partial charge in [-0.25, -0.2) is 0 Å². The molecular formula is C15H23BrN2. The number of hydrogen-bond acceptors (Lipinski definition) is 2. The van der Waals surface area contributed by atoms with Crippen molar-refractivity contribution in [3.8, 4) is 0 Å². The van der Waals surface area contributed by atoms with Gasteiger partial charge in [-0.3, -0.25) is 0 Å². The summed E-state index contributed by atoms with van der Waals surface area (Å²) in [5, 5.41) is 0. The maximum absolute atomic E-state index is 5.87. The first-order valence-corrected chi connectivity index (χ1v) is 7.51. The Balaban J connectivity index is 2.23. The molecule has 0 aromatic heterocycles. The lowest BCUT2D eigenvalue weighted by atomic mass is 10.0. The molecule has 1 aliphatic rings. The fraction of sp³-hybridized carbons (Fsp3) is 0.600. The van der Waals surface area contributed by atoms with Gasteiger partial charge in [0.1, 0.15) is 0 Å². The maximum atomic E-state index is 5.87. The summed E-state index contributed by atoms with van der Waals surface area (Å²) in [6.45, 7) is 7.85. The molecule has 0 amide bonds. The molecule has 1 aromatic carbocycles. The Morgan fingerprint density at radius 2 is 2.17 bits per heavy atom. The lowest BCUT2D eigenvalue weighted by Gasteiger charge is -2.34. The molecule has 3 heteroatoms. The normalized spacial score (nSPS) is 20.2. The van der Waals surface area contributed by atoms with Crippen LogP contribution in [0.3, 0.4) is 0 Å². The smallest absolute Gasteiger partial charge is 0.0382 e. The van der Waals surface area contributed by atoms with Gasteiger partial charge in [0, 0.05) is 28.3 Å². The predicted molar refractivity (Wildman–Crippen MR) is 82.2 cm³/mol. The summed E-state index contributed by atoms with van der Waals surface area (Å²) in [6.07, 6.45) is 3.47. The van der Waals surface area contributed by atoms with Crippen molar-refractivity contribution in [2.45, 2.75) is 51.6 Å². The summed E-state index contributed by atoms with van der Waals surface area (Å²) < 4.78 is 1.18. The molecule has 100 valence electrons. The van der Waals surface area contributed by atoms with Crippen molar-refractivity contribution in [1.82, 2.24) is 0 Å². The summed E-state index contributed by atoms with van der Waals surface area (Å²) >= 11 is 3.68. The van der Waals surface area contributed by atoms with E-state index >= 15 is 0 Å². The Labute approximate surface area is 119 Å². The molecule has 1 heterocycles. The van der Waals surface area contributed by atoms with Crippen LogP contribution in [0.4, 0.5) is 5.69 Å². The Hall–Kier alpha value is -0.540. The van der Waals surface area contributed by atoms with Crippen molar-refractivity contribution in [2.75, 3.05) is 11.4 Å². The van der Waals surface area contributed by atoms with Crippen molar-refractivity contribution in [3.05, 3.63) is 28.2 Å². The number of rotatable bonds is 3. The number of halogens is 1. The minimum atomic E-state index is 0.204. The topological polar surface area (TPSA) is 29.3 Å². The molecule has 18 heavy (non-hydrogen) atoms. The Kier molecular flexibility index (Phi) is 4.02. The zero-order chi connectivity index (χ0) is 13.3. The van der Waals surface area contributed by atoms with Crippen LogP contribution < -0.4 is 10.6 Å². The summed E-state index contributed by atoms with van der Waals surface area (Å²) in [6, 6.07) is 6.88. The summed E-state index contributed by atoms with van der Waals surface area (Å²) in [5.41, 5.74) is 8.76. The van der Waals surface area contributed by atoms with Gasteiger partial charge < -0.3 is 10.6 Å². The minimum absolute atomic E-state index is 0.204. The third-order valence-corrected chi connectivity index (χ3v) is 4.53. The monoisotopic (exact) mass is 310 g/mol. The number of nitrogens with zero attached hydrogens (tertiary/aromatic N) is 1. The first kappa shape index (κ1) is 13.9. The van der Waals surface area contributed by atoms with E-state index in [9.17, 15) is 0 Å². The van der Waals surface area contributed by atoms with Gasteiger partial charge in [-0.1, -0.05) is 22.0 Å². The van der Waals surface area contributed by atoms with Crippen LogP contribution in [0.1, 0.15) is 39.2 Å². The Bertz CT molecular complexity index is 427. The van der Waals surface area contributed by atoms with Crippen LogP contribution in [0.5, 0.6) is 0 Å². The highest BCUT2D eigenvalue weighted by atomic mass is 79.9.